The van der Waals surface area contributed by atoms with Gasteiger partial charge in [-0.1, -0.05) is 25.2 Å². The molecule has 2 N–H and O–H groups in total. The Morgan fingerprint density at radius 2 is 2.00 bits per heavy atom. The molecule has 0 fully saturated rings. The summed E-state index contributed by atoms with van der Waals surface area (Å²) >= 11 is 0. The Morgan fingerprint density at radius 3 is 2.67 bits per heavy atom. The molecule has 0 unspecified atom stereocenters. The molecule has 4 atom stereocenters. The lowest BCUT2D eigenvalue weighted by Gasteiger charge is -2.20. The highest BCUT2D eigenvalue weighted by Crippen LogP contribution is 2.18. The molecule has 1 heterocycles. The van der Waals surface area contributed by atoms with Crippen LogP contribution in [0.2, 0.25) is 0 Å². The van der Waals surface area contributed by atoms with E-state index in [0.29, 0.717) is 0 Å². The van der Waals surface area contributed by atoms with Crippen LogP contribution in [0.4, 0.5) is 0 Å². The third-order valence-corrected chi connectivity index (χ3v) is 3.83. The topological polar surface area (TPSA) is 66.8 Å². The highest BCUT2D eigenvalue weighted by Gasteiger charge is 2.18. The average molecular weight is 294 g/mol. The van der Waals surface area contributed by atoms with Gasteiger partial charge in [-0.2, -0.15) is 0 Å². The first-order valence-electron chi connectivity index (χ1n) is 7.37. The van der Waals surface area contributed by atoms with E-state index in [1.54, 1.807) is 0 Å². The standard InChI is InChI=1S/C17H26O4/c1-12-6-5-7-13(2)15(18)8-10-17(4,20)11-9-16(19)21-14(12)3/h7-12,14-15,18,20H,5-6H2,1-4H3/b10-8?,11-9-,13-7+/t12-,14+,15+,17+/m0/s1. The Balaban J connectivity index is 2.99. The molecule has 0 aromatic carbocycles. The van der Waals surface area contributed by atoms with Gasteiger partial charge < -0.3 is 14.9 Å². The lowest BCUT2D eigenvalue weighted by atomic mass is 9.97. The van der Waals surface area contributed by atoms with E-state index in [1.807, 2.05) is 26.8 Å². The van der Waals surface area contributed by atoms with Gasteiger partial charge in [-0.3, -0.25) is 0 Å². The minimum atomic E-state index is -1.31. The number of carbonyl (C=O) groups excluding carboxylic acids is 1. The van der Waals surface area contributed by atoms with E-state index in [-0.39, 0.29) is 12.0 Å². The molecule has 1 rings (SSSR count). The van der Waals surface area contributed by atoms with Gasteiger partial charge in [-0.05, 0) is 51.2 Å². The van der Waals surface area contributed by atoms with Crippen molar-refractivity contribution in [3.63, 3.8) is 0 Å². The summed E-state index contributed by atoms with van der Waals surface area (Å²) in [5.74, 6) is -0.241. The quantitative estimate of drug-likeness (QED) is 0.532. The van der Waals surface area contributed by atoms with Crippen molar-refractivity contribution in [2.75, 3.05) is 0 Å². The molecule has 1 aliphatic heterocycles. The Morgan fingerprint density at radius 1 is 1.33 bits per heavy atom. The molecule has 0 aromatic rings. The largest absolute Gasteiger partial charge is 0.459 e. The van der Waals surface area contributed by atoms with E-state index in [4.69, 9.17) is 4.74 Å². The Labute approximate surface area is 126 Å². The van der Waals surface area contributed by atoms with Crippen LogP contribution < -0.4 is 0 Å². The Bertz CT molecular complexity index is 446. The zero-order valence-electron chi connectivity index (χ0n) is 13.2. The predicted molar refractivity (Wildman–Crippen MR) is 82.6 cm³/mol. The van der Waals surface area contributed by atoms with Crippen molar-refractivity contribution in [2.24, 2.45) is 5.92 Å². The number of esters is 1. The van der Waals surface area contributed by atoms with Crippen LogP contribution in [0, 0.1) is 5.92 Å². The first-order valence-corrected chi connectivity index (χ1v) is 7.37. The fourth-order valence-electron chi connectivity index (χ4n) is 2.00. The third-order valence-electron chi connectivity index (χ3n) is 3.83. The first-order chi connectivity index (χ1) is 9.71. The maximum atomic E-state index is 11.7. The normalized spacial score (nSPS) is 39.8. The van der Waals surface area contributed by atoms with Crippen LogP contribution in [-0.4, -0.2) is 34.0 Å². The number of aliphatic hydroxyl groups is 2. The van der Waals surface area contributed by atoms with Crippen LogP contribution in [0.25, 0.3) is 0 Å². The summed E-state index contributed by atoms with van der Waals surface area (Å²) in [6.45, 7) is 7.30. The summed E-state index contributed by atoms with van der Waals surface area (Å²) in [5.41, 5.74) is -0.459. The molecule has 0 aromatic heterocycles. The van der Waals surface area contributed by atoms with Crippen molar-refractivity contribution in [3.05, 3.63) is 36.0 Å². The molecule has 0 spiro atoms. The molecular weight excluding hydrogens is 268 g/mol. The van der Waals surface area contributed by atoms with Crippen LogP contribution >= 0.6 is 0 Å². The third kappa shape index (κ3) is 6.27. The number of hydrogen-bond acceptors (Lipinski definition) is 4. The Kier molecular flexibility index (Phi) is 6.37. The van der Waals surface area contributed by atoms with E-state index < -0.39 is 17.7 Å². The number of ether oxygens (including phenoxy) is 1. The number of cyclic esters (lactones) is 1. The minimum absolute atomic E-state index is 0.191. The zero-order valence-corrected chi connectivity index (χ0v) is 13.2. The summed E-state index contributed by atoms with van der Waals surface area (Å²) in [6.07, 6.45) is 8.34. The van der Waals surface area contributed by atoms with E-state index >= 15 is 0 Å². The highest BCUT2D eigenvalue weighted by atomic mass is 16.5. The van der Waals surface area contributed by atoms with Gasteiger partial charge in [0.25, 0.3) is 0 Å². The van der Waals surface area contributed by atoms with Crippen molar-refractivity contribution >= 4 is 5.97 Å². The first kappa shape index (κ1) is 17.7. The monoisotopic (exact) mass is 294 g/mol. The maximum absolute atomic E-state index is 11.7. The second kappa shape index (κ2) is 7.57. The molecule has 4 nitrogen and oxygen atoms in total. The van der Waals surface area contributed by atoms with Crippen LogP contribution in [0.3, 0.4) is 0 Å². The number of allylic oxidation sites excluding steroid dienone is 1. The van der Waals surface area contributed by atoms with Crippen molar-refractivity contribution in [1.82, 2.24) is 0 Å². The lowest BCUT2D eigenvalue weighted by Crippen LogP contribution is -2.23. The van der Waals surface area contributed by atoms with Gasteiger partial charge in [-0.15, -0.1) is 0 Å². The van der Waals surface area contributed by atoms with E-state index in [1.165, 1.54) is 31.2 Å². The minimum Gasteiger partial charge on any atom is -0.459 e. The van der Waals surface area contributed by atoms with Gasteiger partial charge in [0.15, 0.2) is 0 Å². The van der Waals surface area contributed by atoms with Gasteiger partial charge in [-0.25, -0.2) is 4.79 Å². The van der Waals surface area contributed by atoms with Crippen molar-refractivity contribution in [1.29, 1.82) is 0 Å². The molecule has 0 saturated heterocycles. The van der Waals surface area contributed by atoms with Gasteiger partial charge in [0.2, 0.25) is 0 Å². The number of carbonyl (C=O) groups is 1. The molecule has 0 bridgehead atoms. The van der Waals surface area contributed by atoms with Crippen molar-refractivity contribution < 1.29 is 19.7 Å². The van der Waals surface area contributed by atoms with Gasteiger partial charge in [0.05, 0.1) is 11.7 Å². The molecule has 118 valence electrons. The summed E-state index contributed by atoms with van der Waals surface area (Å²) in [4.78, 5) is 11.7. The number of hydrogen-bond donors (Lipinski definition) is 2. The van der Waals surface area contributed by atoms with Crippen LogP contribution in [0.15, 0.2) is 36.0 Å². The van der Waals surface area contributed by atoms with Crippen LogP contribution in [0.5, 0.6) is 0 Å². The number of aliphatic hydroxyl groups excluding tert-OH is 1. The van der Waals surface area contributed by atoms with Gasteiger partial charge >= 0.3 is 5.97 Å². The maximum Gasteiger partial charge on any atom is 0.330 e. The molecule has 0 amide bonds. The molecule has 0 aliphatic carbocycles. The SMILES string of the molecule is C/C1=C\CC[C@H](C)[C@@H](C)OC(=O)/C=C\[C@](C)(O)C=C[C@H]1O. The second-order valence-electron chi connectivity index (χ2n) is 6.01. The van der Waals surface area contributed by atoms with Gasteiger partial charge in [0.1, 0.15) is 6.10 Å². The fourth-order valence-corrected chi connectivity index (χ4v) is 2.00. The van der Waals surface area contributed by atoms with Gasteiger partial charge in [0, 0.05) is 6.08 Å². The molecule has 1 aliphatic rings. The zero-order chi connectivity index (χ0) is 16.0. The summed E-state index contributed by atoms with van der Waals surface area (Å²) in [6, 6.07) is 0. The molecular formula is C17H26O4. The summed E-state index contributed by atoms with van der Waals surface area (Å²) in [7, 11) is 0. The average Bonchev–Trinajstić information content (AvgIpc) is 2.41. The molecule has 4 heteroatoms. The smallest absolute Gasteiger partial charge is 0.330 e. The molecule has 21 heavy (non-hydrogen) atoms. The van der Waals surface area contributed by atoms with E-state index in [9.17, 15) is 15.0 Å². The molecule has 0 radical (unpaired) electrons. The molecule has 0 saturated carbocycles. The van der Waals surface area contributed by atoms with Crippen LogP contribution in [-0.2, 0) is 9.53 Å². The van der Waals surface area contributed by atoms with Crippen molar-refractivity contribution in [3.8, 4) is 0 Å². The van der Waals surface area contributed by atoms with E-state index in [2.05, 4.69) is 0 Å². The lowest BCUT2D eigenvalue weighted by molar-refractivity contribution is -0.144. The highest BCUT2D eigenvalue weighted by molar-refractivity contribution is 5.82. The second-order valence-corrected chi connectivity index (χ2v) is 6.01. The van der Waals surface area contributed by atoms with Crippen LogP contribution in [0.1, 0.15) is 40.5 Å². The fraction of sp³-hybridized carbons (Fsp3) is 0.588. The number of rotatable bonds is 0. The van der Waals surface area contributed by atoms with E-state index in [0.717, 1.165) is 18.4 Å². The van der Waals surface area contributed by atoms with Crippen molar-refractivity contribution in [2.45, 2.75) is 58.3 Å². The Hall–Kier alpha value is -1.39. The predicted octanol–water partition coefficient (Wildman–Crippen LogP) is 2.52. The summed E-state index contributed by atoms with van der Waals surface area (Å²) < 4.78 is 5.32. The summed E-state index contributed by atoms with van der Waals surface area (Å²) in [5, 5.41) is 20.1.